The number of aromatic nitrogens is 6. The molecule has 0 bridgehead atoms. The summed E-state index contributed by atoms with van der Waals surface area (Å²) in [6, 6.07) is 3.70. The van der Waals surface area contributed by atoms with Gasteiger partial charge in [-0.05, 0) is 43.1 Å². The molecule has 1 aliphatic carbocycles. The lowest BCUT2D eigenvalue weighted by Gasteiger charge is -2.09. The zero-order valence-corrected chi connectivity index (χ0v) is 13.9. The number of thiocarbonyl (C=S) groups is 1. The summed E-state index contributed by atoms with van der Waals surface area (Å²) in [5.74, 6) is 1.40. The third-order valence-electron chi connectivity index (χ3n) is 3.76. The number of nitrogens with zero attached hydrogens (tertiary/aromatic N) is 6. The monoisotopic (exact) mass is 340 g/mol. The highest BCUT2D eigenvalue weighted by Gasteiger charge is 2.20. The Balaban J connectivity index is 1.55. The van der Waals surface area contributed by atoms with Crippen molar-refractivity contribution in [2.24, 2.45) is 13.0 Å². The standard InChI is InChI=1S/C15H16N8S/c1-23-8-12(21-22-23)11-7-16-10-4-5-13(19-14(10)18-11)20-15(24)17-6-9-2-3-9/h4-5,7-9H,2-3,6H2,1H3,(H2,17,18,19,20,24). The first kappa shape index (κ1) is 14.9. The van der Waals surface area contributed by atoms with Crippen LogP contribution in [0.5, 0.6) is 0 Å². The number of nitrogens with one attached hydrogen (secondary N) is 2. The number of rotatable bonds is 4. The first-order chi connectivity index (χ1) is 11.7. The van der Waals surface area contributed by atoms with E-state index < -0.39 is 0 Å². The zero-order chi connectivity index (χ0) is 16.5. The van der Waals surface area contributed by atoms with E-state index in [9.17, 15) is 0 Å². The van der Waals surface area contributed by atoms with Crippen LogP contribution in [0.25, 0.3) is 22.6 Å². The fourth-order valence-corrected chi connectivity index (χ4v) is 2.46. The molecule has 0 spiro atoms. The van der Waals surface area contributed by atoms with Crippen LogP contribution in [0.2, 0.25) is 0 Å². The molecule has 1 saturated carbocycles. The average Bonchev–Trinajstić information content (AvgIpc) is 3.32. The first-order valence-electron chi connectivity index (χ1n) is 7.73. The summed E-state index contributed by atoms with van der Waals surface area (Å²) in [6.07, 6.45) is 6.02. The molecule has 9 heteroatoms. The van der Waals surface area contributed by atoms with Gasteiger partial charge in [-0.2, -0.15) is 0 Å². The Morgan fingerprint density at radius 1 is 1.29 bits per heavy atom. The molecule has 3 aromatic rings. The van der Waals surface area contributed by atoms with Gasteiger partial charge in [0.1, 0.15) is 22.7 Å². The minimum Gasteiger partial charge on any atom is -0.362 e. The molecule has 0 unspecified atom stereocenters. The first-order valence-corrected chi connectivity index (χ1v) is 8.13. The van der Waals surface area contributed by atoms with E-state index in [-0.39, 0.29) is 0 Å². The van der Waals surface area contributed by atoms with E-state index in [0.717, 1.165) is 12.5 Å². The van der Waals surface area contributed by atoms with Crippen molar-refractivity contribution in [1.29, 1.82) is 0 Å². The fraction of sp³-hybridized carbons (Fsp3) is 0.333. The summed E-state index contributed by atoms with van der Waals surface area (Å²) in [6.45, 7) is 0.913. The van der Waals surface area contributed by atoms with Gasteiger partial charge in [-0.1, -0.05) is 5.21 Å². The second-order valence-electron chi connectivity index (χ2n) is 5.85. The number of anilines is 1. The van der Waals surface area contributed by atoms with Crippen molar-refractivity contribution in [3.63, 3.8) is 0 Å². The molecule has 122 valence electrons. The largest absolute Gasteiger partial charge is 0.362 e. The highest BCUT2D eigenvalue weighted by Crippen LogP contribution is 2.27. The maximum Gasteiger partial charge on any atom is 0.180 e. The van der Waals surface area contributed by atoms with E-state index in [1.54, 1.807) is 24.1 Å². The molecular formula is C15H16N8S. The molecule has 0 radical (unpaired) electrons. The smallest absolute Gasteiger partial charge is 0.180 e. The summed E-state index contributed by atoms with van der Waals surface area (Å²) >= 11 is 5.29. The van der Waals surface area contributed by atoms with Gasteiger partial charge in [-0.3, -0.25) is 9.67 Å². The Bertz CT molecular complexity index is 901. The van der Waals surface area contributed by atoms with Gasteiger partial charge < -0.3 is 10.6 Å². The molecule has 3 heterocycles. The number of aryl methyl sites for hydroxylation is 1. The molecule has 0 aromatic carbocycles. The van der Waals surface area contributed by atoms with Gasteiger partial charge >= 0.3 is 0 Å². The molecule has 1 aliphatic rings. The Labute approximate surface area is 143 Å². The Morgan fingerprint density at radius 2 is 2.17 bits per heavy atom. The molecule has 0 atom stereocenters. The maximum absolute atomic E-state index is 5.29. The van der Waals surface area contributed by atoms with Crippen molar-refractivity contribution in [2.45, 2.75) is 12.8 Å². The van der Waals surface area contributed by atoms with Gasteiger partial charge in [0.15, 0.2) is 10.8 Å². The lowest BCUT2D eigenvalue weighted by molar-refractivity contribution is 0.715. The minimum absolute atomic E-state index is 0.535. The molecule has 0 saturated heterocycles. The zero-order valence-electron chi connectivity index (χ0n) is 13.1. The van der Waals surface area contributed by atoms with Crippen LogP contribution in [-0.4, -0.2) is 41.6 Å². The summed E-state index contributed by atoms with van der Waals surface area (Å²) in [5.41, 5.74) is 2.54. The lowest BCUT2D eigenvalue weighted by atomic mass is 10.3. The molecule has 1 fully saturated rings. The van der Waals surface area contributed by atoms with E-state index in [2.05, 4.69) is 35.9 Å². The van der Waals surface area contributed by atoms with E-state index in [4.69, 9.17) is 12.2 Å². The van der Waals surface area contributed by atoms with Crippen LogP contribution in [0.15, 0.2) is 24.5 Å². The van der Waals surface area contributed by atoms with E-state index in [1.165, 1.54) is 12.8 Å². The third kappa shape index (κ3) is 3.30. The predicted octanol–water partition coefficient (Wildman–Crippen LogP) is 1.52. The van der Waals surface area contributed by atoms with E-state index in [0.29, 0.717) is 33.5 Å². The SMILES string of the molecule is Cn1cc(-c2cnc3ccc(NC(=S)NCC4CC4)nc3n2)nn1. The van der Waals surface area contributed by atoms with Gasteiger partial charge in [0, 0.05) is 13.6 Å². The van der Waals surface area contributed by atoms with Gasteiger partial charge in [-0.25, -0.2) is 9.97 Å². The van der Waals surface area contributed by atoms with Gasteiger partial charge in [0.2, 0.25) is 0 Å². The average molecular weight is 340 g/mol. The quantitative estimate of drug-likeness (QED) is 0.691. The molecule has 0 aliphatic heterocycles. The molecule has 0 amide bonds. The fourth-order valence-electron chi connectivity index (χ4n) is 2.27. The summed E-state index contributed by atoms with van der Waals surface area (Å²) in [7, 11) is 1.81. The normalized spacial score (nSPS) is 13.9. The van der Waals surface area contributed by atoms with Crippen LogP contribution in [0, 0.1) is 5.92 Å². The Morgan fingerprint density at radius 3 is 2.92 bits per heavy atom. The molecular weight excluding hydrogens is 324 g/mol. The van der Waals surface area contributed by atoms with Crippen molar-refractivity contribution in [2.75, 3.05) is 11.9 Å². The highest BCUT2D eigenvalue weighted by atomic mass is 32.1. The minimum atomic E-state index is 0.535. The van der Waals surface area contributed by atoms with Crippen molar-refractivity contribution >= 4 is 34.3 Å². The van der Waals surface area contributed by atoms with Crippen molar-refractivity contribution < 1.29 is 0 Å². The number of hydrogen-bond donors (Lipinski definition) is 2. The van der Waals surface area contributed by atoms with Gasteiger partial charge in [0.25, 0.3) is 0 Å². The summed E-state index contributed by atoms with van der Waals surface area (Å²) in [5, 5.41) is 14.8. The number of pyridine rings is 1. The van der Waals surface area contributed by atoms with Crippen LogP contribution in [0.3, 0.4) is 0 Å². The van der Waals surface area contributed by atoms with Crippen LogP contribution < -0.4 is 10.6 Å². The Kier molecular flexibility index (Phi) is 3.77. The molecule has 2 N–H and O–H groups in total. The van der Waals surface area contributed by atoms with Crippen LogP contribution in [-0.2, 0) is 7.05 Å². The van der Waals surface area contributed by atoms with Gasteiger partial charge in [-0.15, -0.1) is 5.10 Å². The number of hydrogen-bond acceptors (Lipinski definition) is 6. The topological polar surface area (TPSA) is 93.4 Å². The molecule has 4 rings (SSSR count). The van der Waals surface area contributed by atoms with Gasteiger partial charge in [0.05, 0.1) is 12.4 Å². The molecule has 24 heavy (non-hydrogen) atoms. The van der Waals surface area contributed by atoms with E-state index >= 15 is 0 Å². The number of fused-ring (bicyclic) bond motifs is 1. The predicted molar refractivity (Wildman–Crippen MR) is 94.3 cm³/mol. The van der Waals surface area contributed by atoms with Crippen LogP contribution in [0.1, 0.15) is 12.8 Å². The lowest BCUT2D eigenvalue weighted by Crippen LogP contribution is -2.30. The maximum atomic E-state index is 5.29. The second-order valence-corrected chi connectivity index (χ2v) is 6.26. The van der Waals surface area contributed by atoms with Crippen molar-refractivity contribution in [1.82, 2.24) is 35.3 Å². The van der Waals surface area contributed by atoms with E-state index in [1.807, 2.05) is 12.1 Å². The summed E-state index contributed by atoms with van der Waals surface area (Å²) < 4.78 is 1.62. The highest BCUT2D eigenvalue weighted by molar-refractivity contribution is 7.80. The van der Waals surface area contributed by atoms with Crippen LogP contribution >= 0.6 is 12.2 Å². The summed E-state index contributed by atoms with van der Waals surface area (Å²) in [4.78, 5) is 13.4. The van der Waals surface area contributed by atoms with Crippen molar-refractivity contribution in [3.05, 3.63) is 24.5 Å². The Hall–Kier alpha value is -2.68. The van der Waals surface area contributed by atoms with Crippen LogP contribution in [0.4, 0.5) is 5.82 Å². The molecule has 3 aromatic heterocycles. The third-order valence-corrected chi connectivity index (χ3v) is 4.01. The van der Waals surface area contributed by atoms with Crippen molar-refractivity contribution in [3.8, 4) is 11.4 Å². The molecule has 8 nitrogen and oxygen atoms in total. The second kappa shape index (κ2) is 6.08.